The lowest BCUT2D eigenvalue weighted by molar-refractivity contribution is 0.0781. The smallest absolute Gasteiger partial charge is 0.253 e. The van der Waals surface area contributed by atoms with E-state index in [0.29, 0.717) is 6.54 Å². The van der Waals surface area contributed by atoms with E-state index >= 15 is 0 Å². The van der Waals surface area contributed by atoms with E-state index in [-0.39, 0.29) is 18.4 Å². The van der Waals surface area contributed by atoms with E-state index in [1.54, 1.807) is 0 Å². The van der Waals surface area contributed by atoms with Crippen LogP contribution in [0.5, 0.6) is 0 Å². The number of likely N-dealkylation sites (tertiary alicyclic amines) is 1. The van der Waals surface area contributed by atoms with Gasteiger partial charge in [0.05, 0.1) is 0 Å². The minimum Gasteiger partial charge on any atom is -0.396 e. The van der Waals surface area contributed by atoms with E-state index in [0.717, 1.165) is 31.4 Å². The Morgan fingerprint density at radius 1 is 1.26 bits per heavy atom. The average molecular weight is 259 g/mol. The van der Waals surface area contributed by atoms with Gasteiger partial charge in [0.15, 0.2) is 0 Å². The van der Waals surface area contributed by atoms with Gasteiger partial charge in [-0.1, -0.05) is 6.07 Å². The molecular formula is C16H21NO2. The van der Waals surface area contributed by atoms with Crippen molar-refractivity contribution in [3.63, 3.8) is 0 Å². The molecule has 1 heterocycles. The molecule has 3 heteroatoms. The maximum absolute atomic E-state index is 12.4. The number of hydrogen-bond acceptors (Lipinski definition) is 2. The lowest BCUT2D eigenvalue weighted by Gasteiger charge is -2.19. The summed E-state index contributed by atoms with van der Waals surface area (Å²) in [5.41, 5.74) is 3.59. The van der Waals surface area contributed by atoms with Gasteiger partial charge in [0.25, 0.3) is 5.91 Å². The highest BCUT2D eigenvalue weighted by Gasteiger charge is 2.26. The second kappa shape index (κ2) is 5.33. The molecule has 1 unspecified atom stereocenters. The lowest BCUT2D eigenvalue weighted by atomic mass is 9.90. The third kappa shape index (κ3) is 2.52. The Hall–Kier alpha value is -1.35. The summed E-state index contributed by atoms with van der Waals surface area (Å²) < 4.78 is 0. The predicted octanol–water partition coefficient (Wildman–Crippen LogP) is 2.02. The molecule has 1 amide bonds. The molecule has 0 spiro atoms. The standard InChI is InChI=1S/C16H21NO2/c18-11-12-7-8-17(10-12)16(19)15-6-5-13-3-1-2-4-14(13)9-15/h5-6,9,12,18H,1-4,7-8,10-11H2. The fourth-order valence-corrected chi connectivity index (χ4v) is 3.22. The van der Waals surface area contributed by atoms with Crippen LogP contribution in [0, 0.1) is 5.92 Å². The van der Waals surface area contributed by atoms with Crippen molar-refractivity contribution in [2.45, 2.75) is 32.1 Å². The summed E-state index contributed by atoms with van der Waals surface area (Å²) in [6, 6.07) is 6.18. The van der Waals surface area contributed by atoms with Crippen LogP contribution in [0.1, 0.15) is 40.7 Å². The van der Waals surface area contributed by atoms with Crippen LogP contribution in [0.4, 0.5) is 0 Å². The SMILES string of the molecule is O=C(c1ccc2c(c1)CCCC2)N1CCC(CO)C1. The number of carbonyl (C=O) groups excluding carboxylic acids is 1. The number of aliphatic hydroxyl groups excluding tert-OH is 1. The summed E-state index contributed by atoms with van der Waals surface area (Å²) in [6.07, 6.45) is 5.69. The molecule has 3 nitrogen and oxygen atoms in total. The molecule has 1 aliphatic heterocycles. The number of aliphatic hydroxyl groups is 1. The molecule has 2 aliphatic rings. The zero-order valence-corrected chi connectivity index (χ0v) is 11.3. The Bertz CT molecular complexity index is 484. The third-order valence-electron chi connectivity index (χ3n) is 4.43. The number of aryl methyl sites for hydroxylation is 2. The van der Waals surface area contributed by atoms with Gasteiger partial charge < -0.3 is 10.0 Å². The van der Waals surface area contributed by atoms with Crippen molar-refractivity contribution >= 4 is 5.91 Å². The molecule has 1 saturated heterocycles. The number of amides is 1. The lowest BCUT2D eigenvalue weighted by Crippen LogP contribution is -2.29. The van der Waals surface area contributed by atoms with Crippen molar-refractivity contribution in [3.05, 3.63) is 34.9 Å². The Balaban J connectivity index is 1.77. The second-order valence-corrected chi connectivity index (χ2v) is 5.78. The molecule has 0 aromatic heterocycles. The summed E-state index contributed by atoms with van der Waals surface area (Å²) in [5, 5.41) is 9.16. The van der Waals surface area contributed by atoms with E-state index < -0.39 is 0 Å². The number of rotatable bonds is 2. The fraction of sp³-hybridized carbons (Fsp3) is 0.562. The van der Waals surface area contributed by atoms with Crippen LogP contribution in [0.3, 0.4) is 0 Å². The molecule has 19 heavy (non-hydrogen) atoms. The van der Waals surface area contributed by atoms with Crippen molar-refractivity contribution in [2.24, 2.45) is 5.92 Å². The number of carbonyl (C=O) groups is 1. The summed E-state index contributed by atoms with van der Waals surface area (Å²) in [7, 11) is 0. The van der Waals surface area contributed by atoms with Gasteiger partial charge in [-0.3, -0.25) is 4.79 Å². The first-order valence-corrected chi connectivity index (χ1v) is 7.30. The van der Waals surface area contributed by atoms with Gasteiger partial charge in [-0.05, 0) is 55.4 Å². The Morgan fingerprint density at radius 2 is 2.05 bits per heavy atom. The molecule has 3 rings (SSSR count). The maximum atomic E-state index is 12.4. The molecule has 1 N–H and O–H groups in total. The number of nitrogens with zero attached hydrogens (tertiary/aromatic N) is 1. The van der Waals surface area contributed by atoms with Crippen LogP contribution in [-0.2, 0) is 12.8 Å². The predicted molar refractivity (Wildman–Crippen MR) is 74.2 cm³/mol. The van der Waals surface area contributed by atoms with Gasteiger partial charge in [0, 0.05) is 31.2 Å². The summed E-state index contributed by atoms with van der Waals surface area (Å²) in [6.45, 7) is 1.67. The number of benzene rings is 1. The highest BCUT2D eigenvalue weighted by molar-refractivity contribution is 5.94. The van der Waals surface area contributed by atoms with Gasteiger partial charge in [0.1, 0.15) is 0 Å². The topological polar surface area (TPSA) is 40.5 Å². The van der Waals surface area contributed by atoms with Gasteiger partial charge in [-0.2, -0.15) is 0 Å². The largest absolute Gasteiger partial charge is 0.396 e. The van der Waals surface area contributed by atoms with Crippen molar-refractivity contribution < 1.29 is 9.90 Å². The molecule has 0 bridgehead atoms. The number of hydrogen-bond donors (Lipinski definition) is 1. The van der Waals surface area contributed by atoms with Crippen LogP contribution in [0.25, 0.3) is 0 Å². The van der Waals surface area contributed by atoms with E-state index in [2.05, 4.69) is 12.1 Å². The minimum atomic E-state index is 0.129. The summed E-state index contributed by atoms with van der Waals surface area (Å²) in [4.78, 5) is 14.3. The van der Waals surface area contributed by atoms with Crippen LogP contribution in [0.2, 0.25) is 0 Å². The van der Waals surface area contributed by atoms with Crippen molar-refractivity contribution in [1.29, 1.82) is 0 Å². The quantitative estimate of drug-likeness (QED) is 0.882. The summed E-state index contributed by atoms with van der Waals surface area (Å²) >= 11 is 0. The zero-order valence-electron chi connectivity index (χ0n) is 11.3. The highest BCUT2D eigenvalue weighted by Crippen LogP contribution is 2.24. The first kappa shape index (κ1) is 12.7. The molecule has 1 aliphatic carbocycles. The monoisotopic (exact) mass is 259 g/mol. The second-order valence-electron chi connectivity index (χ2n) is 5.78. The van der Waals surface area contributed by atoms with Crippen molar-refractivity contribution in [2.75, 3.05) is 19.7 Å². The van der Waals surface area contributed by atoms with Gasteiger partial charge in [-0.25, -0.2) is 0 Å². The van der Waals surface area contributed by atoms with Crippen LogP contribution in [0.15, 0.2) is 18.2 Å². The molecule has 1 atom stereocenters. The van der Waals surface area contributed by atoms with Gasteiger partial charge >= 0.3 is 0 Å². The van der Waals surface area contributed by atoms with Crippen molar-refractivity contribution in [3.8, 4) is 0 Å². The first-order valence-electron chi connectivity index (χ1n) is 7.30. The maximum Gasteiger partial charge on any atom is 0.253 e. The fourth-order valence-electron chi connectivity index (χ4n) is 3.22. The third-order valence-corrected chi connectivity index (χ3v) is 4.43. The average Bonchev–Trinajstić information content (AvgIpc) is 2.95. The Morgan fingerprint density at radius 3 is 2.79 bits per heavy atom. The van der Waals surface area contributed by atoms with E-state index in [1.807, 2.05) is 11.0 Å². The molecule has 102 valence electrons. The normalized spacial score (nSPS) is 22.4. The molecule has 0 radical (unpaired) electrons. The minimum absolute atomic E-state index is 0.129. The van der Waals surface area contributed by atoms with Crippen LogP contribution >= 0.6 is 0 Å². The summed E-state index contributed by atoms with van der Waals surface area (Å²) in [5.74, 6) is 0.394. The van der Waals surface area contributed by atoms with Crippen LogP contribution < -0.4 is 0 Å². The number of fused-ring (bicyclic) bond motifs is 1. The van der Waals surface area contributed by atoms with Crippen LogP contribution in [-0.4, -0.2) is 35.6 Å². The van der Waals surface area contributed by atoms with E-state index in [1.165, 1.54) is 24.0 Å². The molecule has 0 saturated carbocycles. The molecule has 1 aromatic carbocycles. The van der Waals surface area contributed by atoms with Gasteiger partial charge in [-0.15, -0.1) is 0 Å². The zero-order chi connectivity index (χ0) is 13.2. The highest BCUT2D eigenvalue weighted by atomic mass is 16.3. The van der Waals surface area contributed by atoms with Gasteiger partial charge in [0.2, 0.25) is 0 Å². The molecule has 1 fully saturated rings. The Labute approximate surface area is 114 Å². The molecule has 1 aromatic rings. The van der Waals surface area contributed by atoms with E-state index in [4.69, 9.17) is 5.11 Å². The molecular weight excluding hydrogens is 238 g/mol. The Kier molecular flexibility index (Phi) is 3.56. The first-order chi connectivity index (χ1) is 9.28. The van der Waals surface area contributed by atoms with E-state index in [9.17, 15) is 4.79 Å². The van der Waals surface area contributed by atoms with Crippen molar-refractivity contribution in [1.82, 2.24) is 4.90 Å².